The third-order valence-corrected chi connectivity index (χ3v) is 5.44. The van der Waals surface area contributed by atoms with Crippen LogP contribution in [-0.2, 0) is 23.7 Å². The molecule has 3 rings (SSSR count). The third-order valence-electron chi connectivity index (χ3n) is 4.27. The summed E-state index contributed by atoms with van der Waals surface area (Å²) >= 11 is 0. The Bertz CT molecular complexity index is 692. The van der Waals surface area contributed by atoms with Crippen molar-refractivity contribution in [3.05, 3.63) is 59.3 Å². The smallest absolute Gasteiger partial charge is 0.184 e. The molecule has 0 bridgehead atoms. The lowest BCUT2D eigenvalue weighted by Crippen LogP contribution is -2.49. The van der Waals surface area contributed by atoms with Crippen LogP contribution in [0.2, 0.25) is 19.6 Å². The molecule has 0 N–H and O–H groups in total. The molecule has 1 fully saturated rings. The molecule has 0 spiro atoms. The zero-order valence-electron chi connectivity index (χ0n) is 15.7. The number of hydrogen-bond acceptors (Lipinski definition) is 5. The van der Waals surface area contributed by atoms with Crippen LogP contribution < -0.4 is 0 Å². The van der Waals surface area contributed by atoms with E-state index in [2.05, 4.69) is 19.6 Å². The van der Waals surface area contributed by atoms with E-state index in [1.165, 1.54) is 0 Å². The molecule has 1 unspecified atom stereocenters. The minimum atomic E-state index is -1.48. The predicted octanol–water partition coefficient (Wildman–Crippen LogP) is 3.40. The van der Waals surface area contributed by atoms with Crippen LogP contribution in [-0.4, -0.2) is 46.1 Å². The zero-order valence-corrected chi connectivity index (χ0v) is 16.7. The molecule has 140 valence electrons. The van der Waals surface area contributed by atoms with E-state index in [1.54, 1.807) is 19.3 Å². The normalized spacial score (nSPS) is 29.3. The van der Waals surface area contributed by atoms with E-state index in [0.717, 1.165) is 5.56 Å². The Morgan fingerprint density at radius 2 is 1.92 bits per heavy atom. The average molecular weight is 375 g/mol. The number of rotatable bonds is 5. The van der Waals surface area contributed by atoms with Crippen LogP contribution in [0.25, 0.3) is 0 Å². The minimum absolute atomic E-state index is 0.0542. The maximum Gasteiger partial charge on any atom is 0.184 e. The van der Waals surface area contributed by atoms with Gasteiger partial charge in [-0.05, 0) is 12.2 Å². The Labute approximate surface area is 155 Å². The van der Waals surface area contributed by atoms with Gasteiger partial charge in [-0.3, -0.25) is 4.79 Å². The van der Waals surface area contributed by atoms with Gasteiger partial charge in [-0.25, -0.2) is 0 Å². The average Bonchev–Trinajstić information content (AvgIpc) is 2.64. The molecular formula is C20H26O5Si. The Kier molecular flexibility index (Phi) is 5.89. The van der Waals surface area contributed by atoms with Crippen LogP contribution in [0.4, 0.5) is 0 Å². The van der Waals surface area contributed by atoms with Gasteiger partial charge in [0.05, 0.1) is 14.7 Å². The van der Waals surface area contributed by atoms with Crippen molar-refractivity contribution in [3.63, 3.8) is 0 Å². The van der Waals surface area contributed by atoms with E-state index >= 15 is 0 Å². The molecule has 26 heavy (non-hydrogen) atoms. The number of fused-ring (bicyclic) bond motifs is 1. The maximum absolute atomic E-state index is 12.8. The summed E-state index contributed by atoms with van der Waals surface area (Å²) in [6.07, 6.45) is 1.45. The molecule has 0 radical (unpaired) electrons. The first kappa shape index (κ1) is 19.2. The highest BCUT2D eigenvalue weighted by Gasteiger charge is 2.42. The highest BCUT2D eigenvalue weighted by molar-refractivity contribution is 6.81. The third kappa shape index (κ3) is 4.58. The summed E-state index contributed by atoms with van der Waals surface area (Å²) < 4.78 is 23.1. The second kappa shape index (κ2) is 7.98. The van der Waals surface area contributed by atoms with Gasteiger partial charge in [0.25, 0.3) is 0 Å². The molecule has 0 amide bonds. The van der Waals surface area contributed by atoms with Crippen molar-refractivity contribution >= 4 is 13.9 Å². The molecule has 0 saturated carbocycles. The molecule has 2 aliphatic rings. The first-order valence-corrected chi connectivity index (χ1v) is 12.4. The Morgan fingerprint density at radius 1 is 1.19 bits per heavy atom. The van der Waals surface area contributed by atoms with Crippen LogP contribution in [0.15, 0.2) is 53.8 Å². The summed E-state index contributed by atoms with van der Waals surface area (Å²) in [5.74, 6) is -0.0542. The maximum atomic E-state index is 12.8. The fourth-order valence-electron chi connectivity index (χ4n) is 2.92. The first-order valence-electron chi connectivity index (χ1n) is 8.83. The van der Waals surface area contributed by atoms with Crippen molar-refractivity contribution in [2.24, 2.45) is 0 Å². The second-order valence-electron chi connectivity index (χ2n) is 7.60. The minimum Gasteiger partial charge on any atom is -0.352 e. The van der Waals surface area contributed by atoms with E-state index in [9.17, 15) is 4.79 Å². The lowest BCUT2D eigenvalue weighted by atomic mass is 9.96. The van der Waals surface area contributed by atoms with Gasteiger partial charge in [-0.2, -0.15) is 0 Å². The predicted molar refractivity (Wildman–Crippen MR) is 101 cm³/mol. The number of allylic oxidation sites excluding steroid dienone is 1. The van der Waals surface area contributed by atoms with Gasteiger partial charge in [0.1, 0.15) is 12.2 Å². The van der Waals surface area contributed by atoms with Gasteiger partial charge in [-0.1, -0.05) is 55.7 Å². The molecule has 0 aliphatic carbocycles. The van der Waals surface area contributed by atoms with Crippen LogP contribution in [0.3, 0.4) is 0 Å². The molecule has 6 heteroatoms. The SMILES string of the molecule is CO[C@@H]1C=C(C(=O)/C=C/[Si](C)(C)C)[C@@H]2OC(c3ccccc3)OC[C@H]2O1. The fourth-order valence-corrected chi connectivity index (χ4v) is 3.57. The summed E-state index contributed by atoms with van der Waals surface area (Å²) in [5.41, 5.74) is 3.53. The molecule has 4 atom stereocenters. The van der Waals surface area contributed by atoms with E-state index in [4.69, 9.17) is 18.9 Å². The quantitative estimate of drug-likeness (QED) is 0.584. The fraction of sp³-hybridized carbons (Fsp3) is 0.450. The largest absolute Gasteiger partial charge is 0.352 e. The molecular weight excluding hydrogens is 348 g/mol. The number of hydrogen-bond donors (Lipinski definition) is 0. The number of ketones is 1. The first-order chi connectivity index (χ1) is 12.4. The molecule has 1 saturated heterocycles. The molecule has 1 aromatic carbocycles. The lowest BCUT2D eigenvalue weighted by molar-refractivity contribution is -0.283. The van der Waals surface area contributed by atoms with Crippen molar-refractivity contribution in [2.75, 3.05) is 13.7 Å². The molecule has 2 aliphatic heterocycles. The second-order valence-corrected chi connectivity index (χ2v) is 12.7. The summed E-state index contributed by atoms with van der Waals surface area (Å²) in [6.45, 7) is 6.90. The Morgan fingerprint density at radius 3 is 2.58 bits per heavy atom. The van der Waals surface area contributed by atoms with E-state index in [-0.39, 0.29) is 11.9 Å². The van der Waals surface area contributed by atoms with Crippen molar-refractivity contribution in [1.82, 2.24) is 0 Å². The summed E-state index contributed by atoms with van der Waals surface area (Å²) in [5, 5.41) is 0. The van der Waals surface area contributed by atoms with Crippen molar-refractivity contribution in [1.29, 1.82) is 0 Å². The number of ether oxygens (including phenoxy) is 4. The van der Waals surface area contributed by atoms with Crippen molar-refractivity contribution in [2.45, 2.75) is 44.4 Å². The van der Waals surface area contributed by atoms with Gasteiger partial charge in [0, 0.05) is 18.2 Å². The molecule has 1 aromatic rings. The number of carbonyl (C=O) groups is 1. The van der Waals surface area contributed by atoms with E-state index in [0.29, 0.717) is 12.2 Å². The number of carbonyl (C=O) groups excluding carboxylic acids is 1. The van der Waals surface area contributed by atoms with E-state index < -0.39 is 26.8 Å². The van der Waals surface area contributed by atoms with Gasteiger partial charge >= 0.3 is 0 Å². The van der Waals surface area contributed by atoms with Gasteiger partial charge < -0.3 is 18.9 Å². The van der Waals surface area contributed by atoms with Gasteiger partial charge in [0.15, 0.2) is 18.4 Å². The van der Waals surface area contributed by atoms with Crippen LogP contribution >= 0.6 is 0 Å². The monoisotopic (exact) mass is 374 g/mol. The molecule has 2 heterocycles. The molecule has 0 aromatic heterocycles. The lowest BCUT2D eigenvalue weighted by Gasteiger charge is -2.41. The summed E-state index contributed by atoms with van der Waals surface area (Å²) in [7, 11) is 0.0792. The highest BCUT2D eigenvalue weighted by atomic mass is 28.3. The number of benzene rings is 1. The summed E-state index contributed by atoms with van der Waals surface area (Å²) in [6, 6.07) is 9.71. The molecule has 5 nitrogen and oxygen atoms in total. The Hall–Kier alpha value is -1.57. The topological polar surface area (TPSA) is 54.0 Å². The van der Waals surface area contributed by atoms with Crippen molar-refractivity contribution in [3.8, 4) is 0 Å². The van der Waals surface area contributed by atoms with Gasteiger partial charge in [0.2, 0.25) is 0 Å². The zero-order chi connectivity index (χ0) is 18.7. The number of methoxy groups -OCH3 is 1. The highest BCUT2D eigenvalue weighted by Crippen LogP contribution is 2.34. The standard InChI is InChI=1S/C20H26O5Si/c1-22-18-12-15(16(21)10-11-26(2,3)4)19-17(24-18)13-23-20(25-19)14-8-6-5-7-9-14/h5-12,17-20H,13H2,1-4H3/b11-10+/t17-,18+,19+,20?/m1/s1. The van der Waals surface area contributed by atoms with Crippen LogP contribution in [0.1, 0.15) is 11.9 Å². The van der Waals surface area contributed by atoms with Crippen molar-refractivity contribution < 1.29 is 23.7 Å². The van der Waals surface area contributed by atoms with Gasteiger partial charge in [-0.15, -0.1) is 0 Å². The van der Waals surface area contributed by atoms with Crippen LogP contribution in [0.5, 0.6) is 0 Å². The Balaban J connectivity index is 1.84. The van der Waals surface area contributed by atoms with E-state index in [1.807, 2.05) is 36.0 Å². The summed E-state index contributed by atoms with van der Waals surface area (Å²) in [4.78, 5) is 12.8. The van der Waals surface area contributed by atoms with Crippen LogP contribution in [0, 0.1) is 0 Å².